The van der Waals surface area contributed by atoms with Crippen molar-refractivity contribution in [3.63, 3.8) is 0 Å². The molecule has 0 spiro atoms. The molecule has 2 N–H and O–H groups in total. The van der Waals surface area contributed by atoms with Gasteiger partial charge in [0.15, 0.2) is 0 Å². The lowest BCUT2D eigenvalue weighted by Crippen LogP contribution is -1.97. The molecule has 0 rings (SSSR count). The first-order valence-corrected chi connectivity index (χ1v) is 7.12. The van der Waals surface area contributed by atoms with E-state index in [0.29, 0.717) is 0 Å². The summed E-state index contributed by atoms with van der Waals surface area (Å²) in [5, 5.41) is 0. The van der Waals surface area contributed by atoms with E-state index in [4.69, 9.17) is 5.73 Å². The highest BCUT2D eigenvalue weighted by atomic mass is 35.5. The molecule has 0 radical (unpaired) electrons. The van der Waals surface area contributed by atoms with Gasteiger partial charge in [-0.15, -0.1) is 37.2 Å². The second-order valence-corrected chi connectivity index (χ2v) is 4.68. The number of hydrogen-bond acceptors (Lipinski definition) is 1. The van der Waals surface area contributed by atoms with E-state index < -0.39 is 0 Å². The number of halogens is 3. The second kappa shape index (κ2) is 26.4. The third kappa shape index (κ3) is 25.6. The summed E-state index contributed by atoms with van der Waals surface area (Å²) in [7, 11) is 0. The first-order valence-electron chi connectivity index (χ1n) is 7.12. The molecule has 0 heterocycles. The molecule has 0 aliphatic heterocycles. The van der Waals surface area contributed by atoms with Gasteiger partial charge in [-0.05, 0) is 13.0 Å². The topological polar surface area (TPSA) is 26.0 Å². The summed E-state index contributed by atoms with van der Waals surface area (Å²) >= 11 is 0. The molecule has 116 valence electrons. The quantitative estimate of drug-likeness (QED) is 0.444. The zero-order valence-electron chi connectivity index (χ0n) is 12.0. The number of unbranched alkanes of at least 4 members (excludes halogenated alkanes) is 11. The van der Waals surface area contributed by atoms with Crippen LogP contribution in [-0.2, 0) is 0 Å². The molecule has 0 unspecified atom stereocenters. The molecular weight excluding hydrogens is 289 g/mol. The fraction of sp³-hybridized carbons (Fsp3) is 1.00. The van der Waals surface area contributed by atoms with Gasteiger partial charge in [0, 0.05) is 0 Å². The van der Waals surface area contributed by atoms with E-state index in [-0.39, 0.29) is 37.2 Å². The van der Waals surface area contributed by atoms with E-state index in [9.17, 15) is 0 Å². The average Bonchev–Trinajstić information content (AvgIpc) is 2.26. The Morgan fingerprint density at radius 1 is 0.500 bits per heavy atom. The summed E-state index contributed by atoms with van der Waals surface area (Å²) in [5.41, 5.74) is 5.45. The molecule has 0 atom stereocenters. The SMILES string of the molecule is CCCCCCCCCCCCCCN.Cl.Cl.Cl. The van der Waals surface area contributed by atoms with Crippen LogP contribution in [0.25, 0.3) is 0 Å². The zero-order valence-corrected chi connectivity index (χ0v) is 14.4. The molecule has 1 nitrogen and oxygen atoms in total. The summed E-state index contributed by atoms with van der Waals surface area (Å²) in [4.78, 5) is 0. The summed E-state index contributed by atoms with van der Waals surface area (Å²) in [5.74, 6) is 0. The zero-order chi connectivity index (χ0) is 11.2. The Balaban J connectivity index is -0.000000327. The molecule has 0 bridgehead atoms. The van der Waals surface area contributed by atoms with Crippen molar-refractivity contribution < 1.29 is 0 Å². The summed E-state index contributed by atoms with van der Waals surface area (Å²) < 4.78 is 0. The van der Waals surface area contributed by atoms with Crippen LogP contribution in [0, 0.1) is 0 Å². The summed E-state index contributed by atoms with van der Waals surface area (Å²) in [6, 6.07) is 0. The summed E-state index contributed by atoms with van der Waals surface area (Å²) in [6.07, 6.45) is 16.9. The fourth-order valence-electron chi connectivity index (χ4n) is 1.99. The predicted molar refractivity (Wildman–Crippen MR) is 91.9 cm³/mol. The van der Waals surface area contributed by atoms with Gasteiger partial charge in [-0.1, -0.05) is 77.6 Å². The Bertz CT molecular complexity index is 101. The highest BCUT2D eigenvalue weighted by Gasteiger charge is 1.92. The van der Waals surface area contributed by atoms with Crippen LogP contribution in [0.5, 0.6) is 0 Å². The van der Waals surface area contributed by atoms with E-state index in [1.54, 1.807) is 0 Å². The van der Waals surface area contributed by atoms with E-state index in [2.05, 4.69) is 6.92 Å². The molecule has 0 saturated heterocycles. The van der Waals surface area contributed by atoms with Crippen molar-refractivity contribution in [1.29, 1.82) is 0 Å². The molecule has 0 aliphatic rings. The van der Waals surface area contributed by atoms with Gasteiger partial charge in [-0.25, -0.2) is 0 Å². The first-order chi connectivity index (χ1) is 7.41. The van der Waals surface area contributed by atoms with Crippen LogP contribution in [0.1, 0.15) is 84.0 Å². The van der Waals surface area contributed by atoms with Crippen molar-refractivity contribution >= 4 is 37.2 Å². The van der Waals surface area contributed by atoms with Crippen molar-refractivity contribution in [2.45, 2.75) is 84.0 Å². The Labute approximate surface area is 133 Å². The van der Waals surface area contributed by atoms with Crippen LogP contribution in [0.3, 0.4) is 0 Å². The largest absolute Gasteiger partial charge is 0.330 e. The lowest BCUT2D eigenvalue weighted by molar-refractivity contribution is 0.545. The maximum absolute atomic E-state index is 5.45. The van der Waals surface area contributed by atoms with Gasteiger partial charge in [0.05, 0.1) is 0 Å². The van der Waals surface area contributed by atoms with Crippen LogP contribution in [0.2, 0.25) is 0 Å². The van der Waals surface area contributed by atoms with E-state index in [0.717, 1.165) is 6.54 Å². The van der Waals surface area contributed by atoms with Crippen LogP contribution in [0.4, 0.5) is 0 Å². The standard InChI is InChI=1S/C14H31N.3ClH/c1-2-3-4-5-6-7-8-9-10-11-12-13-14-15;;;/h2-15H2,1H3;3*1H. The lowest BCUT2D eigenvalue weighted by Gasteiger charge is -2.01. The van der Waals surface area contributed by atoms with E-state index in [1.807, 2.05) is 0 Å². The maximum atomic E-state index is 5.45. The number of nitrogens with two attached hydrogens (primary N) is 1. The molecule has 18 heavy (non-hydrogen) atoms. The monoisotopic (exact) mass is 321 g/mol. The van der Waals surface area contributed by atoms with Crippen molar-refractivity contribution in [2.24, 2.45) is 5.73 Å². The van der Waals surface area contributed by atoms with Crippen molar-refractivity contribution in [2.75, 3.05) is 6.54 Å². The Kier molecular flexibility index (Phi) is 39.9. The second-order valence-electron chi connectivity index (χ2n) is 4.68. The Hall–Kier alpha value is 0.830. The minimum atomic E-state index is 0. The molecule has 0 fully saturated rings. The molecule has 0 saturated carbocycles. The van der Waals surface area contributed by atoms with Gasteiger partial charge >= 0.3 is 0 Å². The minimum Gasteiger partial charge on any atom is -0.330 e. The van der Waals surface area contributed by atoms with Crippen molar-refractivity contribution in [1.82, 2.24) is 0 Å². The molecule has 4 heteroatoms. The molecule has 0 aromatic heterocycles. The molecular formula is C14H34Cl3N. The molecule has 0 aromatic carbocycles. The van der Waals surface area contributed by atoms with Gasteiger partial charge in [0.2, 0.25) is 0 Å². The third-order valence-corrected chi connectivity index (χ3v) is 3.06. The Morgan fingerprint density at radius 2 is 0.778 bits per heavy atom. The Morgan fingerprint density at radius 3 is 1.06 bits per heavy atom. The van der Waals surface area contributed by atoms with Gasteiger partial charge in [-0.3, -0.25) is 0 Å². The number of hydrogen-bond donors (Lipinski definition) is 1. The molecule has 0 amide bonds. The minimum absolute atomic E-state index is 0. The molecule has 0 aliphatic carbocycles. The van der Waals surface area contributed by atoms with E-state index in [1.165, 1.54) is 77.0 Å². The van der Waals surface area contributed by atoms with Crippen LogP contribution in [0.15, 0.2) is 0 Å². The highest BCUT2D eigenvalue weighted by Crippen LogP contribution is 2.11. The van der Waals surface area contributed by atoms with Gasteiger partial charge < -0.3 is 5.73 Å². The van der Waals surface area contributed by atoms with Gasteiger partial charge in [0.25, 0.3) is 0 Å². The first kappa shape index (κ1) is 27.2. The van der Waals surface area contributed by atoms with Crippen LogP contribution in [-0.4, -0.2) is 6.54 Å². The van der Waals surface area contributed by atoms with Crippen molar-refractivity contribution in [3.8, 4) is 0 Å². The highest BCUT2D eigenvalue weighted by molar-refractivity contribution is 5.86. The van der Waals surface area contributed by atoms with Crippen LogP contribution < -0.4 is 5.73 Å². The maximum Gasteiger partial charge on any atom is -0.00773 e. The normalized spacial score (nSPS) is 9.00. The van der Waals surface area contributed by atoms with Crippen LogP contribution >= 0.6 is 37.2 Å². The lowest BCUT2D eigenvalue weighted by atomic mass is 10.1. The summed E-state index contributed by atoms with van der Waals surface area (Å²) in [6.45, 7) is 3.15. The third-order valence-electron chi connectivity index (χ3n) is 3.06. The smallest absolute Gasteiger partial charge is 0.00773 e. The van der Waals surface area contributed by atoms with Crippen molar-refractivity contribution in [3.05, 3.63) is 0 Å². The number of rotatable bonds is 12. The van der Waals surface area contributed by atoms with E-state index >= 15 is 0 Å². The van der Waals surface area contributed by atoms with Gasteiger partial charge in [-0.2, -0.15) is 0 Å². The van der Waals surface area contributed by atoms with Gasteiger partial charge in [0.1, 0.15) is 0 Å². The fourth-order valence-corrected chi connectivity index (χ4v) is 1.99. The predicted octanol–water partition coefficient (Wildman–Crippen LogP) is 5.91. The average molecular weight is 323 g/mol. The molecule has 0 aromatic rings.